The summed E-state index contributed by atoms with van der Waals surface area (Å²) in [7, 11) is 0. The number of carboxylic acid groups (broad SMARTS) is 1. The second-order valence-electron chi connectivity index (χ2n) is 4.40. The maximum absolute atomic E-state index is 12.3. The van der Waals surface area contributed by atoms with Crippen molar-refractivity contribution in [3.8, 4) is 0 Å². The van der Waals surface area contributed by atoms with E-state index in [9.17, 15) is 19.5 Å². The van der Waals surface area contributed by atoms with Gasteiger partial charge in [-0.2, -0.15) is 11.8 Å². The van der Waals surface area contributed by atoms with Gasteiger partial charge in [0.25, 0.3) is 0 Å². The van der Waals surface area contributed by atoms with Gasteiger partial charge in [-0.3, -0.25) is 15.0 Å². The number of hydrogen-bond acceptors (Lipinski definition) is 4. The first-order valence-electron chi connectivity index (χ1n) is 6.30. The second kappa shape index (κ2) is 8.31. The summed E-state index contributed by atoms with van der Waals surface area (Å²) in [6.45, 7) is 1.24. The summed E-state index contributed by atoms with van der Waals surface area (Å²) in [5.74, 6) is -1.91. The largest absolute Gasteiger partial charge is 0.480 e. The van der Waals surface area contributed by atoms with Crippen molar-refractivity contribution in [3.05, 3.63) is 35.9 Å². The number of nitrogens with one attached hydrogen (secondary N) is 1. The maximum atomic E-state index is 12.3. The molecule has 1 aromatic rings. The molecule has 21 heavy (non-hydrogen) atoms. The highest BCUT2D eigenvalue weighted by Gasteiger charge is 2.30. The van der Waals surface area contributed by atoms with E-state index in [1.807, 2.05) is 6.07 Å². The van der Waals surface area contributed by atoms with Gasteiger partial charge < -0.3 is 5.11 Å². The number of carbonyl (C=O) groups excluding carboxylic acids is 2. The van der Waals surface area contributed by atoms with Gasteiger partial charge in [0, 0.05) is 12.7 Å². The summed E-state index contributed by atoms with van der Waals surface area (Å²) in [5, 5.41) is 10.2. The minimum atomic E-state index is -1.15. The quantitative estimate of drug-likeness (QED) is 0.763. The van der Waals surface area contributed by atoms with Gasteiger partial charge in [-0.1, -0.05) is 30.3 Å². The SMILES string of the molecule is CSC[C@@H](C(=O)O)N(NC(C)=O)C(=O)Cc1ccccc1. The lowest BCUT2D eigenvalue weighted by Crippen LogP contribution is -2.55. The van der Waals surface area contributed by atoms with Gasteiger partial charge >= 0.3 is 5.97 Å². The van der Waals surface area contributed by atoms with Gasteiger partial charge in [0.1, 0.15) is 0 Å². The first-order valence-corrected chi connectivity index (χ1v) is 7.70. The molecule has 6 nitrogen and oxygen atoms in total. The molecule has 114 valence electrons. The molecular weight excluding hydrogens is 292 g/mol. The van der Waals surface area contributed by atoms with Crippen molar-refractivity contribution in [1.82, 2.24) is 10.4 Å². The smallest absolute Gasteiger partial charge is 0.329 e. The van der Waals surface area contributed by atoms with Crippen molar-refractivity contribution >= 4 is 29.5 Å². The minimum absolute atomic E-state index is 0.0271. The number of carbonyl (C=O) groups is 3. The van der Waals surface area contributed by atoms with Crippen LogP contribution in [-0.2, 0) is 20.8 Å². The fourth-order valence-electron chi connectivity index (χ4n) is 1.75. The normalized spacial score (nSPS) is 11.5. The van der Waals surface area contributed by atoms with E-state index in [1.54, 1.807) is 30.5 Å². The van der Waals surface area contributed by atoms with Crippen molar-refractivity contribution in [2.75, 3.05) is 12.0 Å². The van der Waals surface area contributed by atoms with Crippen molar-refractivity contribution in [2.24, 2.45) is 0 Å². The van der Waals surface area contributed by atoms with Gasteiger partial charge in [-0.05, 0) is 11.8 Å². The van der Waals surface area contributed by atoms with Crippen LogP contribution in [0.3, 0.4) is 0 Å². The molecule has 1 atom stereocenters. The van der Waals surface area contributed by atoms with Gasteiger partial charge in [-0.25, -0.2) is 9.80 Å². The highest BCUT2D eigenvalue weighted by atomic mass is 32.2. The predicted octanol–water partition coefficient (Wildman–Crippen LogP) is 0.925. The molecular formula is C14H18N2O4S. The number of hydrogen-bond donors (Lipinski definition) is 2. The highest BCUT2D eigenvalue weighted by Crippen LogP contribution is 2.09. The molecule has 0 saturated heterocycles. The Labute approximate surface area is 127 Å². The Hall–Kier alpha value is -2.02. The average Bonchev–Trinajstić information content (AvgIpc) is 2.43. The standard InChI is InChI=1S/C14H18N2O4S/c1-10(17)15-16(12(9-21-2)14(19)20)13(18)8-11-6-4-3-5-7-11/h3-7,12H,8-9H2,1-2H3,(H,15,17)(H,19,20)/t12-/m0/s1. The number of amides is 2. The van der Waals surface area contributed by atoms with E-state index in [0.29, 0.717) is 0 Å². The monoisotopic (exact) mass is 310 g/mol. The fourth-order valence-corrected chi connectivity index (χ4v) is 2.36. The van der Waals surface area contributed by atoms with Crippen LogP contribution < -0.4 is 5.43 Å². The molecule has 0 unspecified atom stereocenters. The minimum Gasteiger partial charge on any atom is -0.480 e. The molecule has 0 heterocycles. The maximum Gasteiger partial charge on any atom is 0.329 e. The summed E-state index contributed by atoms with van der Waals surface area (Å²) in [5.41, 5.74) is 3.07. The zero-order valence-corrected chi connectivity index (χ0v) is 12.7. The zero-order chi connectivity index (χ0) is 15.8. The zero-order valence-electron chi connectivity index (χ0n) is 11.9. The molecule has 0 aliphatic heterocycles. The number of nitrogens with zero attached hydrogens (tertiary/aromatic N) is 1. The topological polar surface area (TPSA) is 86.7 Å². The molecule has 0 radical (unpaired) electrons. The van der Waals surface area contributed by atoms with Gasteiger partial charge in [-0.15, -0.1) is 0 Å². The molecule has 0 fully saturated rings. The van der Waals surface area contributed by atoms with Crippen LogP contribution in [0.1, 0.15) is 12.5 Å². The van der Waals surface area contributed by atoms with E-state index in [-0.39, 0.29) is 12.2 Å². The Morgan fingerprint density at radius 1 is 1.29 bits per heavy atom. The Morgan fingerprint density at radius 3 is 2.38 bits per heavy atom. The van der Waals surface area contributed by atoms with Crippen LogP contribution in [0.15, 0.2) is 30.3 Å². The van der Waals surface area contributed by atoms with Crippen LogP contribution in [0.2, 0.25) is 0 Å². The lowest BCUT2D eigenvalue weighted by atomic mass is 10.1. The molecule has 0 aliphatic carbocycles. The molecule has 2 N–H and O–H groups in total. The number of rotatable bonds is 6. The number of benzene rings is 1. The average molecular weight is 310 g/mol. The van der Waals surface area contributed by atoms with Crippen molar-refractivity contribution < 1.29 is 19.5 Å². The van der Waals surface area contributed by atoms with Crippen LogP contribution >= 0.6 is 11.8 Å². The Balaban J connectivity index is 2.92. The van der Waals surface area contributed by atoms with Crippen LogP contribution in [0, 0.1) is 0 Å². The van der Waals surface area contributed by atoms with Crippen molar-refractivity contribution in [3.63, 3.8) is 0 Å². The van der Waals surface area contributed by atoms with Crippen LogP contribution in [0.5, 0.6) is 0 Å². The lowest BCUT2D eigenvalue weighted by molar-refractivity contribution is -0.154. The number of carboxylic acids is 1. The molecule has 0 spiro atoms. The molecule has 7 heteroatoms. The van der Waals surface area contributed by atoms with Gasteiger partial charge in [0.15, 0.2) is 6.04 Å². The third kappa shape index (κ3) is 5.47. The molecule has 1 aromatic carbocycles. The van der Waals surface area contributed by atoms with Crippen molar-refractivity contribution in [1.29, 1.82) is 0 Å². The third-order valence-electron chi connectivity index (χ3n) is 2.67. The molecule has 2 amide bonds. The Bertz CT molecular complexity index is 507. The van der Waals surface area contributed by atoms with Gasteiger partial charge in [0.2, 0.25) is 11.8 Å². The van der Waals surface area contributed by atoms with E-state index in [0.717, 1.165) is 10.6 Å². The van der Waals surface area contributed by atoms with Crippen LogP contribution in [0.4, 0.5) is 0 Å². The highest BCUT2D eigenvalue weighted by molar-refractivity contribution is 7.98. The number of aliphatic carboxylic acids is 1. The predicted molar refractivity (Wildman–Crippen MR) is 80.6 cm³/mol. The van der Waals surface area contributed by atoms with E-state index < -0.39 is 23.8 Å². The molecule has 0 bridgehead atoms. The first kappa shape index (κ1) is 17.0. The molecule has 0 saturated carbocycles. The summed E-state index contributed by atoms with van der Waals surface area (Å²) >= 11 is 1.29. The van der Waals surface area contributed by atoms with E-state index >= 15 is 0 Å². The lowest BCUT2D eigenvalue weighted by Gasteiger charge is -2.28. The number of hydrazine groups is 1. The Kier molecular flexibility index (Phi) is 6.74. The fraction of sp³-hybridized carbons (Fsp3) is 0.357. The third-order valence-corrected chi connectivity index (χ3v) is 3.32. The summed E-state index contributed by atoms with van der Waals surface area (Å²) < 4.78 is 0. The van der Waals surface area contributed by atoms with E-state index in [1.165, 1.54) is 18.7 Å². The van der Waals surface area contributed by atoms with Crippen molar-refractivity contribution in [2.45, 2.75) is 19.4 Å². The molecule has 0 aliphatic rings. The molecule has 0 aromatic heterocycles. The van der Waals surface area contributed by atoms with E-state index in [2.05, 4.69) is 5.43 Å². The second-order valence-corrected chi connectivity index (χ2v) is 5.31. The summed E-state index contributed by atoms with van der Waals surface area (Å²) in [6, 6.07) is 7.86. The first-order chi connectivity index (χ1) is 9.95. The van der Waals surface area contributed by atoms with E-state index in [4.69, 9.17) is 0 Å². The van der Waals surface area contributed by atoms with Crippen LogP contribution in [0.25, 0.3) is 0 Å². The number of thioether (sulfide) groups is 1. The van der Waals surface area contributed by atoms with Gasteiger partial charge in [0.05, 0.1) is 6.42 Å². The van der Waals surface area contributed by atoms with Crippen LogP contribution in [-0.4, -0.2) is 45.9 Å². The summed E-state index contributed by atoms with van der Waals surface area (Å²) in [4.78, 5) is 34.9. The molecule has 1 rings (SSSR count). The summed E-state index contributed by atoms with van der Waals surface area (Å²) in [6.07, 6.45) is 1.77. The Morgan fingerprint density at radius 2 is 1.90 bits per heavy atom.